The lowest BCUT2D eigenvalue weighted by Gasteiger charge is -2.07. The van der Waals surface area contributed by atoms with E-state index in [9.17, 15) is 4.79 Å². The summed E-state index contributed by atoms with van der Waals surface area (Å²) in [5.41, 5.74) is 2.14. The van der Waals surface area contributed by atoms with Crippen molar-refractivity contribution in [3.8, 4) is 0 Å². The monoisotopic (exact) mass is 373 g/mol. The van der Waals surface area contributed by atoms with E-state index in [1.807, 2.05) is 48.8 Å². The van der Waals surface area contributed by atoms with Crippen LogP contribution in [0.25, 0.3) is 11.0 Å². The molecule has 0 saturated heterocycles. The van der Waals surface area contributed by atoms with Crippen molar-refractivity contribution in [1.82, 2.24) is 14.9 Å². The van der Waals surface area contributed by atoms with E-state index in [1.165, 1.54) is 0 Å². The molecule has 0 bridgehead atoms. The summed E-state index contributed by atoms with van der Waals surface area (Å²) in [7, 11) is 0. The number of rotatable bonds is 8. The minimum absolute atomic E-state index is 0.0944. The quantitative estimate of drug-likeness (QED) is 0.471. The molecule has 1 heterocycles. The highest BCUT2D eigenvalue weighted by molar-refractivity contribution is 7.99. The topological polar surface area (TPSA) is 46.9 Å². The van der Waals surface area contributed by atoms with Gasteiger partial charge in [-0.25, -0.2) is 4.98 Å². The maximum atomic E-state index is 11.9. The number of fused-ring (bicyclic) bond motifs is 1. The summed E-state index contributed by atoms with van der Waals surface area (Å²) in [6, 6.07) is 15.7. The van der Waals surface area contributed by atoms with E-state index < -0.39 is 0 Å². The predicted molar refractivity (Wildman–Crippen MR) is 104 cm³/mol. The SMILES string of the molecule is O=C(CCSc1ccc(Cl)cc1)NCCCn1cnc2ccccc21. The lowest BCUT2D eigenvalue weighted by Crippen LogP contribution is -2.25. The number of thioether (sulfide) groups is 1. The second-order valence-electron chi connectivity index (χ2n) is 5.68. The minimum atomic E-state index is 0.0944. The van der Waals surface area contributed by atoms with Gasteiger partial charge in [-0.05, 0) is 42.8 Å². The Kier molecular flexibility index (Phi) is 6.36. The number of amides is 1. The Morgan fingerprint density at radius 3 is 2.80 bits per heavy atom. The molecule has 0 atom stereocenters. The van der Waals surface area contributed by atoms with Crippen LogP contribution in [0.2, 0.25) is 5.02 Å². The van der Waals surface area contributed by atoms with Crippen LogP contribution in [-0.2, 0) is 11.3 Å². The molecule has 3 rings (SSSR count). The predicted octanol–water partition coefficient (Wildman–Crippen LogP) is 4.38. The molecule has 2 aromatic carbocycles. The summed E-state index contributed by atoms with van der Waals surface area (Å²) >= 11 is 7.52. The fourth-order valence-corrected chi connectivity index (χ4v) is 3.52. The third-order valence-corrected chi connectivity index (χ3v) is 5.10. The van der Waals surface area contributed by atoms with E-state index in [0.717, 1.165) is 39.7 Å². The highest BCUT2D eigenvalue weighted by atomic mass is 35.5. The molecule has 0 aliphatic carbocycles. The average molecular weight is 374 g/mol. The van der Waals surface area contributed by atoms with Crippen LogP contribution < -0.4 is 5.32 Å². The van der Waals surface area contributed by atoms with Gasteiger partial charge in [0.1, 0.15) is 0 Å². The standard InChI is InChI=1S/C19H20ClN3OS/c20-15-6-8-16(9-7-15)25-13-10-19(24)21-11-3-12-23-14-22-17-4-1-2-5-18(17)23/h1-2,4-9,14H,3,10-13H2,(H,21,24). The number of carbonyl (C=O) groups excluding carboxylic acids is 1. The fourth-order valence-electron chi connectivity index (χ4n) is 2.55. The maximum Gasteiger partial charge on any atom is 0.220 e. The van der Waals surface area contributed by atoms with Gasteiger partial charge in [0.2, 0.25) is 5.91 Å². The Balaban J connectivity index is 1.33. The molecule has 0 unspecified atom stereocenters. The van der Waals surface area contributed by atoms with Crippen LogP contribution in [-0.4, -0.2) is 27.8 Å². The van der Waals surface area contributed by atoms with E-state index in [0.29, 0.717) is 13.0 Å². The molecule has 0 saturated carbocycles. The van der Waals surface area contributed by atoms with Crippen molar-refractivity contribution in [2.24, 2.45) is 0 Å². The number of benzene rings is 2. The molecule has 1 aromatic heterocycles. The molecule has 0 spiro atoms. The van der Waals surface area contributed by atoms with E-state index >= 15 is 0 Å². The Morgan fingerprint density at radius 1 is 1.16 bits per heavy atom. The number of hydrogen-bond donors (Lipinski definition) is 1. The summed E-state index contributed by atoms with van der Waals surface area (Å²) in [6.45, 7) is 1.53. The van der Waals surface area contributed by atoms with Crippen LogP contribution >= 0.6 is 23.4 Å². The van der Waals surface area contributed by atoms with Gasteiger partial charge in [0, 0.05) is 35.2 Å². The van der Waals surface area contributed by atoms with Gasteiger partial charge in [0.15, 0.2) is 0 Å². The van der Waals surface area contributed by atoms with Crippen molar-refractivity contribution < 1.29 is 4.79 Å². The van der Waals surface area contributed by atoms with Gasteiger partial charge >= 0.3 is 0 Å². The smallest absolute Gasteiger partial charge is 0.220 e. The zero-order valence-corrected chi connectivity index (χ0v) is 15.4. The zero-order valence-electron chi connectivity index (χ0n) is 13.8. The number of nitrogens with zero attached hydrogens (tertiary/aromatic N) is 2. The molecule has 4 nitrogen and oxygen atoms in total. The first kappa shape index (κ1) is 17.8. The van der Waals surface area contributed by atoms with E-state index in [4.69, 9.17) is 11.6 Å². The van der Waals surface area contributed by atoms with Crippen molar-refractivity contribution in [2.45, 2.75) is 24.3 Å². The number of nitrogens with one attached hydrogen (secondary N) is 1. The molecule has 130 valence electrons. The van der Waals surface area contributed by atoms with Gasteiger partial charge in [0.25, 0.3) is 0 Å². The van der Waals surface area contributed by atoms with Gasteiger partial charge < -0.3 is 9.88 Å². The van der Waals surface area contributed by atoms with E-state index in [-0.39, 0.29) is 5.91 Å². The highest BCUT2D eigenvalue weighted by Gasteiger charge is 2.03. The molecule has 25 heavy (non-hydrogen) atoms. The van der Waals surface area contributed by atoms with Crippen molar-refractivity contribution in [2.75, 3.05) is 12.3 Å². The van der Waals surface area contributed by atoms with Gasteiger partial charge in [-0.1, -0.05) is 23.7 Å². The Labute approximate surface area is 156 Å². The molecule has 6 heteroatoms. The molecule has 0 aliphatic heterocycles. The zero-order chi connectivity index (χ0) is 17.5. The van der Waals surface area contributed by atoms with E-state index in [1.54, 1.807) is 11.8 Å². The minimum Gasteiger partial charge on any atom is -0.356 e. The van der Waals surface area contributed by atoms with Crippen LogP contribution in [0.3, 0.4) is 0 Å². The Bertz CT molecular complexity index is 832. The number of aryl methyl sites for hydroxylation is 1. The summed E-state index contributed by atoms with van der Waals surface area (Å²) in [5.74, 6) is 0.858. The van der Waals surface area contributed by atoms with Crippen LogP contribution in [0.5, 0.6) is 0 Å². The molecule has 1 N–H and O–H groups in total. The normalized spacial score (nSPS) is 10.9. The molecule has 0 aliphatic rings. The summed E-state index contributed by atoms with van der Waals surface area (Å²) in [5, 5.41) is 3.71. The average Bonchev–Trinajstić information content (AvgIpc) is 3.04. The molecule has 0 radical (unpaired) electrons. The van der Waals surface area contributed by atoms with Gasteiger partial charge in [-0.15, -0.1) is 11.8 Å². The van der Waals surface area contributed by atoms with Gasteiger partial charge in [-0.2, -0.15) is 0 Å². The highest BCUT2D eigenvalue weighted by Crippen LogP contribution is 2.20. The summed E-state index contributed by atoms with van der Waals surface area (Å²) < 4.78 is 2.12. The van der Waals surface area contributed by atoms with Crippen LogP contribution in [0, 0.1) is 0 Å². The Hall–Kier alpha value is -1.98. The molecule has 1 amide bonds. The molecule has 3 aromatic rings. The second kappa shape index (κ2) is 8.92. The maximum absolute atomic E-state index is 11.9. The molecule has 0 fully saturated rings. The van der Waals surface area contributed by atoms with E-state index in [2.05, 4.69) is 20.9 Å². The largest absolute Gasteiger partial charge is 0.356 e. The van der Waals surface area contributed by atoms with Crippen LogP contribution in [0.1, 0.15) is 12.8 Å². The molecular formula is C19H20ClN3OS. The third-order valence-electron chi connectivity index (χ3n) is 3.84. The summed E-state index contributed by atoms with van der Waals surface area (Å²) in [4.78, 5) is 17.4. The summed E-state index contributed by atoms with van der Waals surface area (Å²) in [6.07, 6.45) is 3.26. The number of aromatic nitrogens is 2. The third kappa shape index (κ3) is 5.25. The van der Waals surface area contributed by atoms with Crippen LogP contribution in [0.4, 0.5) is 0 Å². The lowest BCUT2D eigenvalue weighted by molar-refractivity contribution is -0.120. The first-order valence-electron chi connectivity index (χ1n) is 8.27. The number of halogens is 1. The first-order chi connectivity index (χ1) is 12.2. The van der Waals surface area contributed by atoms with Gasteiger partial charge in [-0.3, -0.25) is 4.79 Å². The van der Waals surface area contributed by atoms with Crippen molar-refractivity contribution >= 4 is 40.3 Å². The lowest BCUT2D eigenvalue weighted by atomic mass is 10.3. The number of carbonyl (C=O) groups is 1. The van der Waals surface area contributed by atoms with Crippen molar-refractivity contribution in [1.29, 1.82) is 0 Å². The fraction of sp³-hybridized carbons (Fsp3) is 0.263. The number of hydrogen-bond acceptors (Lipinski definition) is 3. The van der Waals surface area contributed by atoms with Crippen molar-refractivity contribution in [3.05, 3.63) is 59.9 Å². The first-order valence-corrected chi connectivity index (χ1v) is 9.64. The van der Waals surface area contributed by atoms with Gasteiger partial charge in [0.05, 0.1) is 17.4 Å². The van der Waals surface area contributed by atoms with Crippen molar-refractivity contribution in [3.63, 3.8) is 0 Å². The second-order valence-corrected chi connectivity index (χ2v) is 7.29. The number of imidazole rings is 1. The number of para-hydroxylation sites is 2. The molecular weight excluding hydrogens is 354 g/mol. The Morgan fingerprint density at radius 2 is 1.96 bits per heavy atom. The van der Waals surface area contributed by atoms with Crippen LogP contribution in [0.15, 0.2) is 59.8 Å².